The number of nitrogens with zero attached hydrogens (tertiary/aromatic N) is 1. The number of rotatable bonds is 5. The van der Waals surface area contributed by atoms with E-state index >= 15 is 0 Å². The van der Waals surface area contributed by atoms with Crippen molar-refractivity contribution in [1.29, 1.82) is 0 Å². The minimum atomic E-state index is 0.356. The molecule has 0 saturated carbocycles. The maximum Gasteiger partial charge on any atom is 0.0507 e. The van der Waals surface area contributed by atoms with E-state index in [0.717, 1.165) is 6.54 Å². The van der Waals surface area contributed by atoms with Gasteiger partial charge in [0, 0.05) is 24.5 Å². The second kappa shape index (κ2) is 8.08. The Labute approximate surface area is 162 Å². The lowest BCUT2D eigenvalue weighted by molar-refractivity contribution is 0.240. The molecule has 0 aromatic heterocycles. The van der Waals surface area contributed by atoms with E-state index in [2.05, 4.69) is 115 Å². The summed E-state index contributed by atoms with van der Waals surface area (Å²) in [7, 11) is 2.27. The summed E-state index contributed by atoms with van der Waals surface area (Å²) in [6.45, 7) is 3.25. The molecule has 1 fully saturated rings. The van der Waals surface area contributed by atoms with Crippen molar-refractivity contribution < 1.29 is 0 Å². The molecule has 1 saturated heterocycles. The Hall–Kier alpha value is -2.42. The quantitative estimate of drug-likeness (QED) is 0.692. The fourth-order valence-electron chi connectivity index (χ4n) is 4.58. The molecule has 0 spiro atoms. The molecule has 4 atom stereocenters. The highest BCUT2D eigenvalue weighted by atomic mass is 15.2. The van der Waals surface area contributed by atoms with Gasteiger partial charge < -0.3 is 5.32 Å². The topological polar surface area (TPSA) is 15.3 Å². The van der Waals surface area contributed by atoms with Crippen LogP contribution in [0.2, 0.25) is 0 Å². The maximum atomic E-state index is 3.91. The summed E-state index contributed by atoms with van der Waals surface area (Å²) in [5.41, 5.74) is 4.13. The minimum absolute atomic E-state index is 0.356. The van der Waals surface area contributed by atoms with Crippen molar-refractivity contribution in [2.24, 2.45) is 0 Å². The van der Waals surface area contributed by atoms with Crippen LogP contribution in [-0.4, -0.2) is 24.0 Å². The SMILES string of the molecule is C[C@H]1[C@H](c2ccccc2)[C@H](NCc2ccccc2)[C@@H](c2ccccc2)N1C. The maximum absolute atomic E-state index is 3.91. The van der Waals surface area contributed by atoms with Crippen molar-refractivity contribution >= 4 is 0 Å². The first-order valence-corrected chi connectivity index (χ1v) is 9.85. The van der Waals surface area contributed by atoms with E-state index in [-0.39, 0.29) is 0 Å². The van der Waals surface area contributed by atoms with Crippen molar-refractivity contribution in [1.82, 2.24) is 10.2 Å². The molecule has 2 heteroatoms. The van der Waals surface area contributed by atoms with Gasteiger partial charge >= 0.3 is 0 Å². The van der Waals surface area contributed by atoms with Crippen LogP contribution in [0.4, 0.5) is 0 Å². The molecule has 0 aliphatic carbocycles. The molecule has 3 aromatic carbocycles. The van der Waals surface area contributed by atoms with E-state index in [4.69, 9.17) is 0 Å². The van der Waals surface area contributed by atoms with Gasteiger partial charge in [-0.25, -0.2) is 0 Å². The molecule has 1 aliphatic rings. The van der Waals surface area contributed by atoms with Crippen LogP contribution in [0.3, 0.4) is 0 Å². The van der Waals surface area contributed by atoms with Crippen molar-refractivity contribution in [3.8, 4) is 0 Å². The predicted molar refractivity (Wildman–Crippen MR) is 113 cm³/mol. The summed E-state index contributed by atoms with van der Waals surface area (Å²) in [5.74, 6) is 0.449. The minimum Gasteiger partial charge on any atom is -0.307 e. The highest BCUT2D eigenvalue weighted by Gasteiger charge is 2.45. The summed E-state index contributed by atoms with van der Waals surface area (Å²) in [6.07, 6.45) is 0. The van der Waals surface area contributed by atoms with Crippen molar-refractivity contribution in [3.63, 3.8) is 0 Å². The Balaban J connectivity index is 1.68. The van der Waals surface area contributed by atoms with Crippen molar-refractivity contribution in [2.45, 2.75) is 37.5 Å². The first-order valence-electron chi connectivity index (χ1n) is 9.85. The number of nitrogens with one attached hydrogen (secondary N) is 1. The summed E-state index contributed by atoms with van der Waals surface area (Å²) < 4.78 is 0. The Bertz CT molecular complexity index is 780. The lowest BCUT2D eigenvalue weighted by Gasteiger charge is -2.28. The molecule has 1 aliphatic heterocycles. The molecule has 0 unspecified atom stereocenters. The number of benzene rings is 3. The molecule has 138 valence electrons. The van der Waals surface area contributed by atoms with Gasteiger partial charge in [-0.1, -0.05) is 91.0 Å². The van der Waals surface area contributed by atoms with Gasteiger partial charge in [-0.05, 0) is 30.7 Å². The van der Waals surface area contributed by atoms with Crippen LogP contribution in [0.1, 0.15) is 35.6 Å². The predicted octanol–water partition coefficient (Wildman–Crippen LogP) is 5.00. The lowest BCUT2D eigenvalue weighted by atomic mass is 9.85. The number of likely N-dealkylation sites (tertiary alicyclic amines) is 1. The van der Waals surface area contributed by atoms with Gasteiger partial charge in [0.2, 0.25) is 0 Å². The zero-order chi connectivity index (χ0) is 18.6. The fraction of sp³-hybridized carbons (Fsp3) is 0.280. The number of hydrogen-bond acceptors (Lipinski definition) is 2. The van der Waals surface area contributed by atoms with Gasteiger partial charge in [-0.3, -0.25) is 4.90 Å². The van der Waals surface area contributed by atoms with Crippen molar-refractivity contribution in [3.05, 3.63) is 108 Å². The van der Waals surface area contributed by atoms with E-state index in [1.54, 1.807) is 0 Å². The normalized spacial score (nSPS) is 25.6. The van der Waals surface area contributed by atoms with Gasteiger partial charge in [0.05, 0.1) is 6.04 Å². The molecule has 4 rings (SSSR count). The Morgan fingerprint density at radius 1 is 0.741 bits per heavy atom. The molecule has 1 heterocycles. The van der Waals surface area contributed by atoms with Gasteiger partial charge in [-0.15, -0.1) is 0 Å². The van der Waals surface area contributed by atoms with Gasteiger partial charge in [-0.2, -0.15) is 0 Å². The summed E-state index contributed by atoms with van der Waals surface area (Å²) in [5, 5.41) is 3.91. The monoisotopic (exact) mass is 356 g/mol. The Morgan fingerprint density at radius 2 is 1.26 bits per heavy atom. The van der Waals surface area contributed by atoms with Gasteiger partial charge in [0.1, 0.15) is 0 Å². The molecule has 3 aromatic rings. The summed E-state index contributed by atoms with van der Waals surface area (Å²) in [4.78, 5) is 2.54. The average molecular weight is 357 g/mol. The van der Waals surface area contributed by atoms with Crippen LogP contribution in [0.5, 0.6) is 0 Å². The van der Waals surface area contributed by atoms with Gasteiger partial charge in [0.15, 0.2) is 0 Å². The smallest absolute Gasteiger partial charge is 0.0507 e. The molecule has 0 bridgehead atoms. The van der Waals surface area contributed by atoms with Crippen LogP contribution < -0.4 is 5.32 Å². The molecule has 27 heavy (non-hydrogen) atoms. The first kappa shape index (κ1) is 18.0. The fourth-order valence-corrected chi connectivity index (χ4v) is 4.58. The van der Waals surface area contributed by atoms with Crippen LogP contribution >= 0.6 is 0 Å². The largest absolute Gasteiger partial charge is 0.307 e. The highest BCUT2D eigenvalue weighted by Crippen LogP contribution is 2.44. The van der Waals surface area contributed by atoms with E-state index < -0.39 is 0 Å². The molecule has 2 nitrogen and oxygen atoms in total. The molecular weight excluding hydrogens is 328 g/mol. The zero-order valence-electron chi connectivity index (χ0n) is 16.1. The van der Waals surface area contributed by atoms with E-state index in [9.17, 15) is 0 Å². The first-order chi connectivity index (χ1) is 13.3. The molecular formula is C25H28N2. The molecule has 1 N–H and O–H groups in total. The van der Waals surface area contributed by atoms with Crippen LogP contribution in [-0.2, 0) is 6.54 Å². The van der Waals surface area contributed by atoms with E-state index in [1.165, 1.54) is 16.7 Å². The van der Waals surface area contributed by atoms with E-state index in [0.29, 0.717) is 24.0 Å². The molecule has 0 amide bonds. The van der Waals surface area contributed by atoms with Crippen molar-refractivity contribution in [2.75, 3.05) is 7.05 Å². The van der Waals surface area contributed by atoms with E-state index in [1.807, 2.05) is 0 Å². The third-order valence-electron chi connectivity index (χ3n) is 6.04. The third-order valence-corrected chi connectivity index (χ3v) is 6.04. The van der Waals surface area contributed by atoms with Crippen LogP contribution in [0, 0.1) is 0 Å². The summed E-state index contributed by atoms with van der Waals surface area (Å²) >= 11 is 0. The van der Waals surface area contributed by atoms with Gasteiger partial charge in [0.25, 0.3) is 0 Å². The average Bonchev–Trinajstić information content (AvgIpc) is 2.98. The lowest BCUT2D eigenvalue weighted by Crippen LogP contribution is -2.37. The number of likely N-dealkylation sites (N-methyl/N-ethyl adjacent to an activating group) is 1. The standard InChI is InChI=1S/C25H28N2/c1-19-23(21-14-8-4-9-15-21)24(26-18-20-12-6-3-7-13-20)25(27(19)2)22-16-10-5-11-17-22/h3-17,19,23-26H,18H2,1-2H3/t19-,23+,24-,25+/m0/s1. The number of hydrogen-bond donors (Lipinski definition) is 1. The molecule has 0 radical (unpaired) electrons. The third kappa shape index (κ3) is 3.69. The Kier molecular flexibility index (Phi) is 5.38. The van der Waals surface area contributed by atoms with Crippen LogP contribution in [0.25, 0.3) is 0 Å². The van der Waals surface area contributed by atoms with Crippen LogP contribution in [0.15, 0.2) is 91.0 Å². The highest BCUT2D eigenvalue weighted by molar-refractivity contribution is 5.32. The zero-order valence-corrected chi connectivity index (χ0v) is 16.1. The second-order valence-corrected chi connectivity index (χ2v) is 7.59. The Morgan fingerprint density at radius 3 is 1.85 bits per heavy atom. The summed E-state index contributed by atoms with van der Waals surface area (Å²) in [6, 6.07) is 33.8. The second-order valence-electron chi connectivity index (χ2n) is 7.59.